The Morgan fingerprint density at radius 2 is 2.12 bits per heavy atom. The Bertz CT molecular complexity index is 462. The van der Waals surface area contributed by atoms with Crippen LogP contribution < -0.4 is 5.32 Å². The van der Waals surface area contributed by atoms with Gasteiger partial charge in [-0.1, -0.05) is 27.7 Å². The predicted octanol–water partition coefficient (Wildman–Crippen LogP) is 1.80. The molecule has 1 amide bonds. The summed E-state index contributed by atoms with van der Waals surface area (Å²) in [6.45, 7) is 14.8. The lowest BCUT2D eigenvalue weighted by molar-refractivity contribution is -0.197. The first-order chi connectivity index (χ1) is 11.6. The Kier molecular flexibility index (Phi) is 6.49. The van der Waals surface area contributed by atoms with Gasteiger partial charge in [0.1, 0.15) is 6.61 Å². The number of epoxide rings is 1. The molecule has 2 aliphatic rings. The van der Waals surface area contributed by atoms with Crippen molar-refractivity contribution < 1.29 is 19.5 Å². The highest BCUT2D eigenvalue weighted by Gasteiger charge is 2.47. The summed E-state index contributed by atoms with van der Waals surface area (Å²) in [6.07, 6.45) is 1.62. The molecule has 0 saturated carbocycles. The zero-order valence-corrected chi connectivity index (χ0v) is 16.5. The van der Waals surface area contributed by atoms with Gasteiger partial charge in [0.15, 0.2) is 0 Å². The molecule has 0 aromatic heterocycles. The molecule has 0 aromatic carbocycles. The number of piperazine rings is 1. The predicted molar refractivity (Wildman–Crippen MR) is 95.1 cm³/mol. The van der Waals surface area contributed by atoms with Crippen molar-refractivity contribution in [3.63, 3.8) is 0 Å². The molecule has 2 fully saturated rings. The van der Waals surface area contributed by atoms with E-state index in [4.69, 9.17) is 9.47 Å². The summed E-state index contributed by atoms with van der Waals surface area (Å²) in [6, 6.07) is 0.212. The fourth-order valence-electron chi connectivity index (χ4n) is 3.33. The topological polar surface area (TPSA) is 77.6 Å². The molecule has 0 radical (unpaired) electrons. The highest BCUT2D eigenvalue weighted by Crippen LogP contribution is 2.28. The van der Waals surface area contributed by atoms with Gasteiger partial charge in [-0.2, -0.15) is 0 Å². The summed E-state index contributed by atoms with van der Waals surface area (Å²) in [5, 5.41) is 14.2. The number of hydrogen-bond donors (Lipinski definition) is 2. The number of ether oxygens (including phenoxy) is 2. The second-order valence-electron chi connectivity index (χ2n) is 8.58. The quantitative estimate of drug-likeness (QED) is 0.392. The van der Waals surface area contributed by atoms with Gasteiger partial charge in [-0.25, -0.2) is 5.06 Å². The zero-order valence-electron chi connectivity index (χ0n) is 16.5. The Balaban J connectivity index is 1.80. The van der Waals surface area contributed by atoms with Crippen molar-refractivity contribution >= 4 is 5.91 Å². The second kappa shape index (κ2) is 7.88. The van der Waals surface area contributed by atoms with Crippen LogP contribution in [0.25, 0.3) is 0 Å². The van der Waals surface area contributed by atoms with E-state index in [0.29, 0.717) is 13.2 Å². The molecule has 4 atom stereocenters. The second-order valence-corrected chi connectivity index (χ2v) is 8.58. The number of nitrogens with zero attached hydrogens (tertiary/aromatic N) is 2. The smallest absolute Gasteiger partial charge is 0.260 e. The minimum Gasteiger partial charge on any atom is -0.335 e. The minimum absolute atomic E-state index is 0.100. The summed E-state index contributed by atoms with van der Waals surface area (Å²) in [5.41, 5.74) is 0.100. The van der Waals surface area contributed by atoms with E-state index in [2.05, 4.69) is 44.8 Å². The third kappa shape index (κ3) is 5.37. The van der Waals surface area contributed by atoms with Crippen LogP contribution in [0.2, 0.25) is 0 Å². The molecule has 0 aromatic rings. The largest absolute Gasteiger partial charge is 0.335 e. The maximum atomic E-state index is 12.0. The SMILES string of the molecule is CC[C@@H]1[C@H](C)N([C@@H](C)CCNC2(OCC(C)(C)C)CO2)CC(=O)N1O. The summed E-state index contributed by atoms with van der Waals surface area (Å²) >= 11 is 0. The van der Waals surface area contributed by atoms with Gasteiger partial charge >= 0.3 is 0 Å². The Morgan fingerprint density at radius 3 is 2.64 bits per heavy atom. The average molecular weight is 357 g/mol. The first kappa shape index (κ1) is 20.6. The number of nitrogens with one attached hydrogen (secondary N) is 1. The maximum Gasteiger partial charge on any atom is 0.260 e. The highest BCUT2D eigenvalue weighted by atomic mass is 16.8. The summed E-state index contributed by atoms with van der Waals surface area (Å²) in [5.74, 6) is -0.843. The normalized spacial score (nSPS) is 32.1. The molecule has 1 unspecified atom stereocenters. The molecule has 7 heteroatoms. The lowest BCUT2D eigenvalue weighted by Crippen LogP contribution is -2.62. The first-order valence-corrected chi connectivity index (χ1v) is 9.38. The van der Waals surface area contributed by atoms with E-state index < -0.39 is 5.91 Å². The van der Waals surface area contributed by atoms with Crippen molar-refractivity contribution in [3.8, 4) is 0 Å². The molecular formula is C18H35N3O4. The molecule has 0 aliphatic carbocycles. The van der Waals surface area contributed by atoms with Crippen molar-refractivity contribution in [2.75, 3.05) is 26.3 Å². The van der Waals surface area contributed by atoms with Crippen molar-refractivity contribution in [3.05, 3.63) is 0 Å². The molecule has 0 bridgehead atoms. The third-order valence-corrected chi connectivity index (χ3v) is 5.05. The first-order valence-electron chi connectivity index (χ1n) is 9.38. The minimum atomic E-state index is -0.621. The molecule has 0 spiro atoms. The van der Waals surface area contributed by atoms with Gasteiger partial charge in [0.2, 0.25) is 0 Å². The lowest BCUT2D eigenvalue weighted by atomic mass is 9.99. The van der Waals surface area contributed by atoms with E-state index in [9.17, 15) is 10.0 Å². The molecular weight excluding hydrogens is 322 g/mol. The number of rotatable bonds is 8. The van der Waals surface area contributed by atoms with E-state index >= 15 is 0 Å². The van der Waals surface area contributed by atoms with Crippen LogP contribution >= 0.6 is 0 Å². The van der Waals surface area contributed by atoms with Gasteiger partial charge in [0.05, 0.1) is 19.2 Å². The molecule has 2 aliphatic heterocycles. The van der Waals surface area contributed by atoms with E-state index in [1.54, 1.807) is 0 Å². The number of carbonyl (C=O) groups excluding carboxylic acids is 1. The highest BCUT2D eigenvalue weighted by molar-refractivity contribution is 5.78. The van der Waals surface area contributed by atoms with Crippen LogP contribution in [0, 0.1) is 5.41 Å². The molecule has 25 heavy (non-hydrogen) atoms. The van der Waals surface area contributed by atoms with Gasteiger partial charge in [0.25, 0.3) is 11.8 Å². The van der Waals surface area contributed by atoms with Crippen molar-refractivity contribution in [1.82, 2.24) is 15.3 Å². The standard InChI is InChI=1S/C18H35N3O4/c1-7-15-14(3)20(10-16(22)21(15)23)13(2)8-9-19-18(12-25-18)24-11-17(4,5)6/h13-15,19,23H,7-12H2,1-6H3/t13-,14-,15+,18?/m0/s1. The van der Waals surface area contributed by atoms with E-state index in [0.717, 1.165) is 24.4 Å². The van der Waals surface area contributed by atoms with Crippen LogP contribution in [0.3, 0.4) is 0 Å². The van der Waals surface area contributed by atoms with E-state index in [-0.39, 0.29) is 36.0 Å². The van der Waals surface area contributed by atoms with E-state index in [1.165, 1.54) is 0 Å². The van der Waals surface area contributed by atoms with E-state index in [1.807, 2.05) is 6.92 Å². The van der Waals surface area contributed by atoms with Crippen molar-refractivity contribution in [1.29, 1.82) is 0 Å². The Hall–Kier alpha value is -0.730. The van der Waals surface area contributed by atoms with Gasteiger partial charge in [-0.05, 0) is 32.1 Å². The summed E-state index contributed by atoms with van der Waals surface area (Å²) < 4.78 is 11.3. The Labute approximate surface area is 151 Å². The molecule has 2 rings (SSSR count). The zero-order chi connectivity index (χ0) is 18.8. The Morgan fingerprint density at radius 1 is 1.48 bits per heavy atom. The maximum absolute atomic E-state index is 12.0. The average Bonchev–Trinajstić information content (AvgIpc) is 3.29. The fraction of sp³-hybridized carbons (Fsp3) is 0.944. The third-order valence-electron chi connectivity index (χ3n) is 5.05. The molecule has 2 saturated heterocycles. The summed E-state index contributed by atoms with van der Waals surface area (Å²) in [4.78, 5) is 14.2. The van der Waals surface area contributed by atoms with Crippen LogP contribution in [0.1, 0.15) is 54.4 Å². The van der Waals surface area contributed by atoms with Crippen LogP contribution in [0.5, 0.6) is 0 Å². The molecule has 7 nitrogen and oxygen atoms in total. The number of amides is 1. The van der Waals surface area contributed by atoms with Crippen LogP contribution in [-0.2, 0) is 14.3 Å². The van der Waals surface area contributed by atoms with Crippen LogP contribution in [0.4, 0.5) is 0 Å². The number of hydrogen-bond acceptors (Lipinski definition) is 6. The lowest BCUT2D eigenvalue weighted by Gasteiger charge is -2.45. The summed E-state index contributed by atoms with van der Waals surface area (Å²) in [7, 11) is 0. The molecule has 2 N–H and O–H groups in total. The van der Waals surface area contributed by atoms with Crippen molar-refractivity contribution in [2.45, 2.75) is 78.4 Å². The van der Waals surface area contributed by atoms with Gasteiger partial charge in [-0.3, -0.25) is 20.2 Å². The monoisotopic (exact) mass is 357 g/mol. The molecule has 146 valence electrons. The molecule has 2 heterocycles. The van der Waals surface area contributed by atoms with Gasteiger partial charge < -0.3 is 9.47 Å². The van der Waals surface area contributed by atoms with Gasteiger partial charge in [0, 0.05) is 18.6 Å². The fourth-order valence-corrected chi connectivity index (χ4v) is 3.33. The van der Waals surface area contributed by atoms with Crippen LogP contribution in [0.15, 0.2) is 0 Å². The van der Waals surface area contributed by atoms with Crippen LogP contribution in [-0.4, -0.2) is 71.4 Å². The van der Waals surface area contributed by atoms with Gasteiger partial charge in [-0.15, -0.1) is 0 Å². The number of hydroxylamine groups is 2. The van der Waals surface area contributed by atoms with Crippen molar-refractivity contribution in [2.24, 2.45) is 5.41 Å². The number of carbonyl (C=O) groups is 1.